The average Bonchev–Trinajstić information content (AvgIpc) is 2.73. The fourth-order valence-corrected chi connectivity index (χ4v) is 4.76. The Bertz CT molecular complexity index is 890. The number of benzene rings is 1. The maximum atomic E-state index is 12.8. The van der Waals surface area contributed by atoms with Crippen molar-refractivity contribution in [1.82, 2.24) is 4.72 Å². The van der Waals surface area contributed by atoms with Gasteiger partial charge in [0.25, 0.3) is 10.0 Å². The van der Waals surface area contributed by atoms with Crippen LogP contribution >= 0.6 is 0 Å². The maximum Gasteiger partial charge on any atom is 0.251 e. The number of allylic oxidation sites excluding steroid dienone is 2. The molecule has 0 amide bonds. The Hall–Kier alpha value is -2.00. The van der Waals surface area contributed by atoms with Gasteiger partial charge in [0, 0.05) is 18.8 Å². The van der Waals surface area contributed by atoms with Crippen molar-refractivity contribution in [3.05, 3.63) is 34.7 Å². The molecule has 1 heterocycles. The summed E-state index contributed by atoms with van der Waals surface area (Å²) in [6, 6.07) is 7.81. The fraction of sp³-hybridized carbons (Fsp3) is 0.550. The van der Waals surface area contributed by atoms with Gasteiger partial charge in [-0.3, -0.25) is 0 Å². The van der Waals surface area contributed by atoms with Gasteiger partial charge >= 0.3 is 0 Å². The second-order valence-corrected chi connectivity index (χ2v) is 8.70. The second kappa shape index (κ2) is 10.3. The first-order chi connectivity index (χ1) is 14.2. The predicted molar refractivity (Wildman–Crippen MR) is 113 cm³/mol. The third-order valence-electron chi connectivity index (χ3n) is 5.26. The molecule has 0 radical (unpaired) electrons. The van der Waals surface area contributed by atoms with E-state index in [9.17, 15) is 23.9 Å². The number of sulfonamides is 1. The summed E-state index contributed by atoms with van der Waals surface area (Å²) in [5, 5.41) is 38.8. The highest BCUT2D eigenvalue weighted by Crippen LogP contribution is 2.25. The highest BCUT2D eigenvalue weighted by Gasteiger charge is 2.40. The van der Waals surface area contributed by atoms with Gasteiger partial charge in [-0.15, -0.1) is 0 Å². The zero-order chi connectivity index (χ0) is 22.5. The number of hydrogen-bond donors (Lipinski definition) is 4. The summed E-state index contributed by atoms with van der Waals surface area (Å²) >= 11 is 0. The van der Waals surface area contributed by atoms with Crippen molar-refractivity contribution in [2.75, 3.05) is 31.2 Å². The molecule has 4 N–H and O–H groups in total. The molecular formula is C20H29N3O6S. The van der Waals surface area contributed by atoms with Crippen molar-refractivity contribution >= 4 is 21.3 Å². The van der Waals surface area contributed by atoms with E-state index >= 15 is 0 Å². The van der Waals surface area contributed by atoms with Gasteiger partial charge in [-0.05, 0) is 44.0 Å². The first kappa shape index (κ1) is 24.3. The van der Waals surface area contributed by atoms with Crippen LogP contribution in [0.2, 0.25) is 0 Å². The molecule has 166 valence electrons. The predicted octanol–water partition coefficient (Wildman–Crippen LogP) is 0.188. The van der Waals surface area contributed by atoms with Crippen LogP contribution in [0.4, 0.5) is 5.69 Å². The summed E-state index contributed by atoms with van der Waals surface area (Å²) in [6.07, 6.45) is -3.95. The van der Waals surface area contributed by atoms with Crippen LogP contribution in [0.3, 0.4) is 0 Å². The summed E-state index contributed by atoms with van der Waals surface area (Å²) in [7, 11) is -4.29. The van der Waals surface area contributed by atoms with Crippen LogP contribution < -0.4 is 9.62 Å². The van der Waals surface area contributed by atoms with Crippen LogP contribution in [0.1, 0.15) is 26.3 Å². The zero-order valence-electron chi connectivity index (χ0n) is 17.3. The van der Waals surface area contributed by atoms with E-state index in [0.717, 1.165) is 18.8 Å². The van der Waals surface area contributed by atoms with E-state index < -0.39 is 45.9 Å². The van der Waals surface area contributed by atoms with E-state index in [4.69, 9.17) is 9.84 Å². The van der Waals surface area contributed by atoms with Crippen LogP contribution in [0.25, 0.3) is 5.57 Å². The van der Waals surface area contributed by atoms with Crippen LogP contribution in [0.15, 0.2) is 29.2 Å². The molecule has 0 bridgehead atoms. The van der Waals surface area contributed by atoms with E-state index in [2.05, 4.69) is 9.62 Å². The van der Waals surface area contributed by atoms with Crippen molar-refractivity contribution in [2.45, 2.75) is 45.1 Å². The minimum absolute atomic E-state index is 0.251. The summed E-state index contributed by atoms with van der Waals surface area (Å²) in [4.78, 5) is 1.66. The quantitative estimate of drug-likeness (QED) is 0.420. The summed E-state index contributed by atoms with van der Waals surface area (Å²) in [5.74, 6) is 0. The molecule has 0 unspecified atom stereocenters. The Kier molecular flexibility index (Phi) is 8.37. The molecule has 0 aromatic heterocycles. The van der Waals surface area contributed by atoms with E-state index in [1.54, 1.807) is 18.2 Å². The molecule has 0 spiro atoms. The molecule has 1 aliphatic heterocycles. The lowest BCUT2D eigenvalue weighted by molar-refractivity contribution is -0.158. The van der Waals surface area contributed by atoms with Gasteiger partial charge in [0.05, 0.1) is 19.3 Å². The van der Waals surface area contributed by atoms with Crippen molar-refractivity contribution in [2.24, 2.45) is 0 Å². The lowest BCUT2D eigenvalue weighted by Crippen LogP contribution is -2.59. The number of anilines is 1. The third kappa shape index (κ3) is 5.18. The Labute approximate surface area is 177 Å². The molecule has 0 saturated carbocycles. The highest BCUT2D eigenvalue weighted by atomic mass is 32.2. The van der Waals surface area contributed by atoms with E-state index in [-0.39, 0.29) is 12.2 Å². The van der Waals surface area contributed by atoms with Crippen LogP contribution in [-0.2, 0) is 14.8 Å². The topological polar surface area (TPSA) is 143 Å². The van der Waals surface area contributed by atoms with Gasteiger partial charge in [0.15, 0.2) is 4.91 Å². The standard InChI is InChI=1S/C20H29N3O6S/c1-4-23(5-2)15-8-6-14(7-9-15)13(3)18(10-21)30(27,28)22-16-12-29-17(11-24)20(26)19(16)25/h6-9,16-17,19-20,22,24-26H,4-5,11-12H2,1-3H3/b18-13+/t16-,17+,19+,20+/m0/s1. The second-order valence-electron chi connectivity index (χ2n) is 7.05. The number of nitrogens with one attached hydrogen (secondary N) is 1. The van der Waals surface area contributed by atoms with Crippen molar-refractivity contribution in [1.29, 1.82) is 5.26 Å². The Morgan fingerprint density at radius 1 is 1.23 bits per heavy atom. The molecule has 1 aromatic rings. The number of hydrogen-bond acceptors (Lipinski definition) is 8. The molecule has 9 nitrogen and oxygen atoms in total. The number of nitrogens with zero attached hydrogens (tertiary/aromatic N) is 2. The van der Waals surface area contributed by atoms with Gasteiger partial charge in [-0.2, -0.15) is 5.26 Å². The molecule has 2 rings (SSSR count). The van der Waals surface area contributed by atoms with Crippen LogP contribution in [-0.4, -0.2) is 74.4 Å². The Balaban J connectivity index is 2.28. The molecular weight excluding hydrogens is 410 g/mol. The van der Waals surface area contributed by atoms with Gasteiger partial charge in [-0.25, -0.2) is 13.1 Å². The molecule has 1 saturated heterocycles. The van der Waals surface area contributed by atoms with Gasteiger partial charge in [-0.1, -0.05) is 12.1 Å². The average molecular weight is 440 g/mol. The number of ether oxygens (including phenoxy) is 1. The van der Waals surface area contributed by atoms with Crippen LogP contribution in [0, 0.1) is 11.3 Å². The molecule has 0 aliphatic carbocycles. The monoisotopic (exact) mass is 439 g/mol. The number of nitriles is 1. The van der Waals surface area contributed by atoms with Gasteiger partial charge in [0.2, 0.25) is 0 Å². The fourth-order valence-electron chi connectivity index (χ4n) is 3.39. The molecule has 4 atom stereocenters. The maximum absolute atomic E-state index is 12.8. The van der Waals surface area contributed by atoms with Gasteiger partial charge < -0.3 is 25.0 Å². The number of rotatable bonds is 8. The molecule has 10 heteroatoms. The summed E-state index contributed by atoms with van der Waals surface area (Å²) < 4.78 is 33.1. The number of aliphatic hydroxyl groups excluding tert-OH is 3. The van der Waals surface area contributed by atoms with Crippen LogP contribution in [0.5, 0.6) is 0 Å². The summed E-state index contributed by atoms with van der Waals surface area (Å²) in [6.45, 7) is 6.52. The Morgan fingerprint density at radius 3 is 2.33 bits per heavy atom. The first-order valence-corrected chi connectivity index (χ1v) is 11.3. The molecule has 30 heavy (non-hydrogen) atoms. The van der Waals surface area contributed by atoms with Crippen molar-refractivity contribution < 1.29 is 28.5 Å². The number of aliphatic hydroxyl groups is 3. The largest absolute Gasteiger partial charge is 0.394 e. The Morgan fingerprint density at radius 2 is 1.83 bits per heavy atom. The minimum Gasteiger partial charge on any atom is -0.394 e. The minimum atomic E-state index is -4.29. The molecule has 1 fully saturated rings. The van der Waals surface area contributed by atoms with Crippen molar-refractivity contribution in [3.8, 4) is 6.07 Å². The van der Waals surface area contributed by atoms with Gasteiger partial charge in [0.1, 0.15) is 24.4 Å². The lowest BCUT2D eigenvalue weighted by atomic mass is 9.99. The normalized spacial score (nSPS) is 25.4. The SMILES string of the molecule is CCN(CC)c1ccc(/C(C)=C(\C#N)S(=O)(=O)N[C@H]2CO[C@H](CO)[C@@H](O)[C@@H]2O)cc1. The highest BCUT2D eigenvalue weighted by molar-refractivity contribution is 7.93. The smallest absolute Gasteiger partial charge is 0.251 e. The van der Waals surface area contributed by atoms with Crippen molar-refractivity contribution in [3.63, 3.8) is 0 Å². The third-order valence-corrected chi connectivity index (χ3v) is 6.81. The van der Waals surface area contributed by atoms with E-state index in [1.807, 2.05) is 26.0 Å². The lowest BCUT2D eigenvalue weighted by Gasteiger charge is -2.36. The van der Waals surface area contributed by atoms with E-state index in [0.29, 0.717) is 5.56 Å². The summed E-state index contributed by atoms with van der Waals surface area (Å²) in [5.41, 5.74) is 1.83. The zero-order valence-corrected chi connectivity index (χ0v) is 18.1. The van der Waals surface area contributed by atoms with E-state index in [1.165, 1.54) is 6.92 Å². The molecule has 1 aromatic carbocycles. The molecule has 1 aliphatic rings. The first-order valence-electron chi connectivity index (χ1n) is 9.77.